The molecule has 0 heterocycles. The van der Waals surface area contributed by atoms with Crippen molar-refractivity contribution in [1.29, 1.82) is 0 Å². The van der Waals surface area contributed by atoms with Gasteiger partial charge < -0.3 is 0 Å². The van der Waals surface area contributed by atoms with Crippen LogP contribution in [0.5, 0.6) is 0 Å². The first-order chi connectivity index (χ1) is 5.67. The molecule has 0 spiro atoms. The first-order valence-electron chi connectivity index (χ1n) is 4.96. The number of allylic oxidation sites excluding steroid dienone is 4. The van der Waals surface area contributed by atoms with Crippen LogP contribution in [0.1, 0.15) is 41.0 Å². The van der Waals surface area contributed by atoms with Crippen LogP contribution in [0.2, 0.25) is 0 Å². The van der Waals surface area contributed by atoms with Gasteiger partial charge in [-0.25, -0.2) is 0 Å². The van der Waals surface area contributed by atoms with Crippen LogP contribution in [-0.4, -0.2) is 0 Å². The van der Waals surface area contributed by atoms with Crippen LogP contribution in [0.25, 0.3) is 0 Å². The van der Waals surface area contributed by atoms with Crippen molar-refractivity contribution in [2.75, 3.05) is 0 Å². The predicted octanol–water partition coefficient (Wildman–Crippen LogP) is 4.19. The van der Waals surface area contributed by atoms with E-state index in [1.54, 1.807) is 0 Å². The molecule has 0 heteroatoms. The lowest BCUT2D eigenvalue weighted by molar-refractivity contribution is 0.433. The zero-order valence-corrected chi connectivity index (χ0v) is 9.09. The molecule has 0 aromatic rings. The lowest BCUT2D eigenvalue weighted by Gasteiger charge is -2.19. The van der Waals surface area contributed by atoms with E-state index in [2.05, 4.69) is 52.8 Å². The molecule has 0 aromatic carbocycles. The van der Waals surface area contributed by atoms with Gasteiger partial charge in [0, 0.05) is 0 Å². The van der Waals surface area contributed by atoms with Gasteiger partial charge in [0.05, 0.1) is 0 Å². The zero-order valence-electron chi connectivity index (χ0n) is 9.09. The third-order valence-electron chi connectivity index (χ3n) is 2.72. The van der Waals surface area contributed by atoms with Gasteiger partial charge in [-0.1, -0.05) is 45.4 Å². The lowest BCUT2D eigenvalue weighted by atomic mass is 9.86. The second kappa shape index (κ2) is 6.05. The van der Waals surface area contributed by atoms with Crippen LogP contribution in [0.15, 0.2) is 23.8 Å². The summed E-state index contributed by atoms with van der Waals surface area (Å²) < 4.78 is 0. The molecule has 0 amide bonds. The number of hydrogen-bond donors (Lipinski definition) is 0. The van der Waals surface area contributed by atoms with E-state index in [-0.39, 0.29) is 0 Å². The van der Waals surface area contributed by atoms with Gasteiger partial charge in [-0.15, -0.1) is 0 Å². The minimum atomic E-state index is 0.691. The van der Waals surface area contributed by atoms with Gasteiger partial charge in [0.25, 0.3) is 0 Å². The standard InChI is InChI=1S/C12H22/c1-6-9-12(8-3)11(5)10(4)7-2/h6,8-11H,7H2,1-5H3/b9-6-,12-8+/t10-,11?/m1/s1. The molecule has 0 aliphatic carbocycles. The summed E-state index contributed by atoms with van der Waals surface area (Å²) in [7, 11) is 0. The number of hydrogen-bond acceptors (Lipinski definition) is 0. The van der Waals surface area contributed by atoms with E-state index in [4.69, 9.17) is 0 Å². The summed E-state index contributed by atoms with van der Waals surface area (Å²) in [6, 6.07) is 0. The van der Waals surface area contributed by atoms with Crippen LogP contribution >= 0.6 is 0 Å². The Morgan fingerprint density at radius 3 is 2.17 bits per heavy atom. The summed E-state index contributed by atoms with van der Waals surface area (Å²) in [6.45, 7) is 11.1. The molecule has 0 aliphatic rings. The van der Waals surface area contributed by atoms with E-state index < -0.39 is 0 Å². The fourth-order valence-electron chi connectivity index (χ4n) is 1.39. The third kappa shape index (κ3) is 3.25. The second-order valence-electron chi connectivity index (χ2n) is 3.46. The van der Waals surface area contributed by atoms with E-state index in [1.165, 1.54) is 12.0 Å². The Balaban J connectivity index is 4.32. The molecule has 12 heavy (non-hydrogen) atoms. The van der Waals surface area contributed by atoms with Crippen molar-refractivity contribution in [1.82, 2.24) is 0 Å². The van der Waals surface area contributed by atoms with Crippen LogP contribution < -0.4 is 0 Å². The second-order valence-corrected chi connectivity index (χ2v) is 3.46. The maximum absolute atomic E-state index is 2.32. The van der Waals surface area contributed by atoms with Gasteiger partial charge >= 0.3 is 0 Å². The highest BCUT2D eigenvalue weighted by Crippen LogP contribution is 2.23. The normalized spacial score (nSPS) is 18.2. The summed E-state index contributed by atoms with van der Waals surface area (Å²) in [5.74, 6) is 1.48. The van der Waals surface area contributed by atoms with Gasteiger partial charge in [0.15, 0.2) is 0 Å². The van der Waals surface area contributed by atoms with Crippen molar-refractivity contribution in [3.63, 3.8) is 0 Å². The molecule has 0 nitrogen and oxygen atoms in total. The topological polar surface area (TPSA) is 0 Å². The molecular formula is C12H22. The third-order valence-corrected chi connectivity index (χ3v) is 2.72. The smallest absolute Gasteiger partial charge is 0.0168 e. The van der Waals surface area contributed by atoms with Gasteiger partial charge in [-0.2, -0.15) is 0 Å². The van der Waals surface area contributed by atoms with E-state index in [0.717, 1.165) is 5.92 Å². The van der Waals surface area contributed by atoms with Crippen LogP contribution in [0, 0.1) is 11.8 Å². The van der Waals surface area contributed by atoms with E-state index in [1.807, 2.05) is 0 Å². The maximum atomic E-state index is 2.32. The zero-order chi connectivity index (χ0) is 9.56. The molecule has 0 saturated carbocycles. The number of rotatable bonds is 4. The quantitative estimate of drug-likeness (QED) is 0.549. The van der Waals surface area contributed by atoms with Gasteiger partial charge in [-0.05, 0) is 31.3 Å². The van der Waals surface area contributed by atoms with Gasteiger partial charge in [-0.3, -0.25) is 0 Å². The summed E-state index contributed by atoms with van der Waals surface area (Å²) in [5, 5.41) is 0. The first kappa shape index (κ1) is 11.5. The van der Waals surface area contributed by atoms with Crippen molar-refractivity contribution in [2.24, 2.45) is 11.8 Å². The van der Waals surface area contributed by atoms with Crippen molar-refractivity contribution >= 4 is 0 Å². The molecule has 1 unspecified atom stereocenters. The molecule has 0 saturated heterocycles. The monoisotopic (exact) mass is 166 g/mol. The molecule has 0 aliphatic heterocycles. The first-order valence-corrected chi connectivity index (χ1v) is 4.96. The fraction of sp³-hybridized carbons (Fsp3) is 0.667. The van der Waals surface area contributed by atoms with Gasteiger partial charge in [0.2, 0.25) is 0 Å². The average molecular weight is 166 g/mol. The molecule has 0 bridgehead atoms. The highest BCUT2D eigenvalue weighted by Gasteiger charge is 2.11. The molecule has 2 atom stereocenters. The predicted molar refractivity (Wildman–Crippen MR) is 57.2 cm³/mol. The Bertz CT molecular complexity index is 163. The fourth-order valence-corrected chi connectivity index (χ4v) is 1.39. The van der Waals surface area contributed by atoms with Crippen molar-refractivity contribution < 1.29 is 0 Å². The van der Waals surface area contributed by atoms with Gasteiger partial charge in [0.1, 0.15) is 0 Å². The minimum Gasteiger partial charge on any atom is -0.0874 e. The maximum Gasteiger partial charge on any atom is -0.0168 e. The highest BCUT2D eigenvalue weighted by atomic mass is 14.2. The summed E-state index contributed by atoms with van der Waals surface area (Å²) in [6.07, 6.45) is 7.82. The van der Waals surface area contributed by atoms with Crippen molar-refractivity contribution in [3.8, 4) is 0 Å². The molecule has 0 radical (unpaired) electrons. The average Bonchev–Trinajstić information content (AvgIpc) is 2.11. The Morgan fingerprint density at radius 1 is 1.25 bits per heavy atom. The van der Waals surface area contributed by atoms with Crippen LogP contribution in [-0.2, 0) is 0 Å². The molecule has 0 N–H and O–H groups in total. The Morgan fingerprint density at radius 2 is 1.83 bits per heavy atom. The van der Waals surface area contributed by atoms with E-state index >= 15 is 0 Å². The largest absolute Gasteiger partial charge is 0.0874 e. The Hall–Kier alpha value is -0.520. The van der Waals surface area contributed by atoms with Crippen LogP contribution in [0.3, 0.4) is 0 Å². The summed E-state index contributed by atoms with van der Waals surface area (Å²) in [4.78, 5) is 0. The summed E-state index contributed by atoms with van der Waals surface area (Å²) in [5.41, 5.74) is 1.46. The Labute approximate surface area is 77.4 Å². The SMILES string of the molecule is C/C=C\C(=C/C)C(C)[C@H](C)CC. The molecule has 0 aromatic heterocycles. The molecule has 0 rings (SSSR count). The Kier molecular flexibility index (Phi) is 5.79. The minimum absolute atomic E-state index is 0.691. The van der Waals surface area contributed by atoms with Crippen molar-refractivity contribution in [2.45, 2.75) is 41.0 Å². The lowest BCUT2D eigenvalue weighted by Crippen LogP contribution is -2.08. The highest BCUT2D eigenvalue weighted by molar-refractivity contribution is 5.20. The molecule has 70 valence electrons. The molecular weight excluding hydrogens is 144 g/mol. The van der Waals surface area contributed by atoms with Crippen molar-refractivity contribution in [3.05, 3.63) is 23.8 Å². The summed E-state index contributed by atoms with van der Waals surface area (Å²) >= 11 is 0. The van der Waals surface area contributed by atoms with E-state index in [0.29, 0.717) is 5.92 Å². The van der Waals surface area contributed by atoms with Crippen LogP contribution in [0.4, 0.5) is 0 Å². The molecule has 0 fully saturated rings. The van der Waals surface area contributed by atoms with E-state index in [9.17, 15) is 0 Å².